The maximum absolute atomic E-state index is 5.91. The molecule has 3 heteroatoms. The first-order chi connectivity index (χ1) is 7.09. The predicted octanol–water partition coefficient (Wildman–Crippen LogP) is 4.95. The number of rotatable bonds is 5. The van der Waals surface area contributed by atoms with Crippen LogP contribution in [0, 0.1) is 5.92 Å². The molecule has 0 aliphatic heterocycles. The molecule has 0 atom stereocenters. The largest absolute Gasteiger partial charge is 0.385 e. The van der Waals surface area contributed by atoms with Gasteiger partial charge in [0.1, 0.15) is 0 Å². The average molecular weight is 291 g/mol. The van der Waals surface area contributed by atoms with Crippen LogP contribution in [0.3, 0.4) is 0 Å². The van der Waals surface area contributed by atoms with Crippen LogP contribution in [0.1, 0.15) is 26.7 Å². The van der Waals surface area contributed by atoms with Gasteiger partial charge in [0.15, 0.2) is 0 Å². The van der Waals surface area contributed by atoms with Crippen LogP contribution in [0.15, 0.2) is 22.7 Å². The minimum absolute atomic E-state index is 0.753. The lowest BCUT2D eigenvalue weighted by molar-refractivity contribution is 0.567. The lowest BCUT2D eigenvalue weighted by atomic mass is 10.1. The van der Waals surface area contributed by atoms with Crippen LogP contribution in [0.2, 0.25) is 5.02 Å². The second-order valence-corrected chi connectivity index (χ2v) is 5.35. The fourth-order valence-corrected chi connectivity index (χ4v) is 1.85. The zero-order valence-corrected chi connectivity index (χ0v) is 11.5. The Bertz CT molecular complexity index is 312. The topological polar surface area (TPSA) is 12.0 Å². The Balaban J connectivity index is 2.35. The zero-order chi connectivity index (χ0) is 11.3. The lowest BCUT2D eigenvalue weighted by Gasteiger charge is -2.08. The van der Waals surface area contributed by atoms with Crippen molar-refractivity contribution in [1.29, 1.82) is 0 Å². The van der Waals surface area contributed by atoms with E-state index in [1.54, 1.807) is 0 Å². The van der Waals surface area contributed by atoms with Gasteiger partial charge in [-0.2, -0.15) is 0 Å². The standard InChI is InChI=1S/C12H17BrClN/c1-9(2)4-3-7-15-10-5-6-12(14)11(13)8-10/h5-6,8-9,15H,3-4,7H2,1-2H3. The Kier molecular flexibility index (Phi) is 5.48. The number of nitrogens with one attached hydrogen (secondary N) is 1. The van der Waals surface area contributed by atoms with Gasteiger partial charge in [0, 0.05) is 16.7 Å². The minimum Gasteiger partial charge on any atom is -0.385 e. The molecule has 0 fully saturated rings. The summed E-state index contributed by atoms with van der Waals surface area (Å²) in [5.74, 6) is 0.781. The molecular weight excluding hydrogens is 273 g/mol. The first-order valence-electron chi connectivity index (χ1n) is 5.28. The van der Waals surface area contributed by atoms with Crippen LogP contribution in [0.25, 0.3) is 0 Å². The summed E-state index contributed by atoms with van der Waals surface area (Å²) in [6, 6.07) is 5.91. The monoisotopic (exact) mass is 289 g/mol. The van der Waals surface area contributed by atoms with Gasteiger partial charge in [0.2, 0.25) is 0 Å². The number of hydrogen-bond donors (Lipinski definition) is 1. The summed E-state index contributed by atoms with van der Waals surface area (Å²) in [6.45, 7) is 5.52. The third-order valence-corrected chi connectivity index (χ3v) is 3.42. The molecule has 0 amide bonds. The van der Waals surface area contributed by atoms with Crippen molar-refractivity contribution in [3.05, 3.63) is 27.7 Å². The van der Waals surface area contributed by atoms with Crippen molar-refractivity contribution in [1.82, 2.24) is 0 Å². The van der Waals surface area contributed by atoms with E-state index in [-0.39, 0.29) is 0 Å². The number of halogens is 2. The second-order valence-electron chi connectivity index (χ2n) is 4.09. The van der Waals surface area contributed by atoms with Gasteiger partial charge in [-0.1, -0.05) is 25.4 Å². The van der Waals surface area contributed by atoms with Crippen LogP contribution >= 0.6 is 27.5 Å². The summed E-state index contributed by atoms with van der Waals surface area (Å²) in [6.07, 6.45) is 2.47. The highest BCUT2D eigenvalue weighted by atomic mass is 79.9. The summed E-state index contributed by atoms with van der Waals surface area (Å²) in [5.41, 5.74) is 1.12. The maximum Gasteiger partial charge on any atom is 0.0549 e. The molecule has 1 aromatic rings. The smallest absolute Gasteiger partial charge is 0.0549 e. The highest BCUT2D eigenvalue weighted by molar-refractivity contribution is 9.10. The first-order valence-corrected chi connectivity index (χ1v) is 6.45. The Morgan fingerprint density at radius 1 is 1.40 bits per heavy atom. The number of anilines is 1. The van der Waals surface area contributed by atoms with Gasteiger partial charge in [-0.15, -0.1) is 0 Å². The van der Waals surface area contributed by atoms with Crippen LogP contribution in [0.4, 0.5) is 5.69 Å². The van der Waals surface area contributed by atoms with Crippen LogP contribution < -0.4 is 5.32 Å². The molecule has 0 aliphatic carbocycles. The summed E-state index contributed by atoms with van der Waals surface area (Å²) < 4.78 is 0.943. The molecule has 0 saturated heterocycles. The molecule has 0 bridgehead atoms. The summed E-state index contributed by atoms with van der Waals surface area (Å²) in [7, 11) is 0. The van der Waals surface area contributed by atoms with Gasteiger partial charge in [-0.25, -0.2) is 0 Å². The summed E-state index contributed by atoms with van der Waals surface area (Å²) in [5, 5.41) is 4.13. The van der Waals surface area contributed by atoms with Crippen molar-refractivity contribution in [3.8, 4) is 0 Å². The van der Waals surface area contributed by atoms with Crippen LogP contribution in [0.5, 0.6) is 0 Å². The van der Waals surface area contributed by atoms with E-state index in [4.69, 9.17) is 11.6 Å². The van der Waals surface area contributed by atoms with Crippen LogP contribution in [-0.2, 0) is 0 Å². The van der Waals surface area contributed by atoms with E-state index in [0.717, 1.165) is 27.6 Å². The third kappa shape index (κ3) is 4.89. The molecule has 0 heterocycles. The molecule has 0 aliphatic rings. The van der Waals surface area contributed by atoms with Crippen molar-refractivity contribution in [3.63, 3.8) is 0 Å². The van der Waals surface area contributed by atoms with Crippen molar-refractivity contribution >= 4 is 33.2 Å². The van der Waals surface area contributed by atoms with Crippen LogP contribution in [-0.4, -0.2) is 6.54 Å². The number of hydrogen-bond acceptors (Lipinski definition) is 1. The SMILES string of the molecule is CC(C)CCCNc1ccc(Cl)c(Br)c1. The average Bonchev–Trinajstić information content (AvgIpc) is 2.18. The van der Waals surface area contributed by atoms with Gasteiger partial charge >= 0.3 is 0 Å². The molecule has 84 valence electrons. The molecule has 0 aromatic heterocycles. The van der Waals surface area contributed by atoms with Gasteiger partial charge in [0.25, 0.3) is 0 Å². The zero-order valence-electron chi connectivity index (χ0n) is 9.19. The van der Waals surface area contributed by atoms with Crippen molar-refractivity contribution in [2.24, 2.45) is 5.92 Å². The molecule has 0 unspecified atom stereocenters. The molecule has 1 aromatic carbocycles. The lowest BCUT2D eigenvalue weighted by Crippen LogP contribution is -2.02. The van der Waals surface area contributed by atoms with Gasteiger partial charge in [0.05, 0.1) is 5.02 Å². The van der Waals surface area contributed by atoms with E-state index < -0.39 is 0 Å². The molecule has 0 spiro atoms. The maximum atomic E-state index is 5.91. The molecule has 0 saturated carbocycles. The quantitative estimate of drug-likeness (QED) is 0.757. The number of benzene rings is 1. The fraction of sp³-hybridized carbons (Fsp3) is 0.500. The van der Waals surface area contributed by atoms with E-state index in [9.17, 15) is 0 Å². The second kappa shape index (κ2) is 6.39. The Morgan fingerprint density at radius 3 is 2.73 bits per heavy atom. The molecular formula is C12H17BrClN. The molecule has 1 N–H and O–H groups in total. The van der Waals surface area contributed by atoms with Crippen molar-refractivity contribution < 1.29 is 0 Å². The van der Waals surface area contributed by atoms with Gasteiger partial charge < -0.3 is 5.32 Å². The van der Waals surface area contributed by atoms with E-state index in [0.29, 0.717) is 0 Å². The highest BCUT2D eigenvalue weighted by Gasteiger charge is 1.98. The predicted molar refractivity (Wildman–Crippen MR) is 71.7 cm³/mol. The third-order valence-electron chi connectivity index (χ3n) is 2.21. The van der Waals surface area contributed by atoms with Crippen molar-refractivity contribution in [2.75, 3.05) is 11.9 Å². The summed E-state index contributed by atoms with van der Waals surface area (Å²) >= 11 is 9.32. The Labute approximate surface area is 105 Å². The molecule has 1 nitrogen and oxygen atoms in total. The van der Waals surface area contributed by atoms with E-state index in [1.807, 2.05) is 18.2 Å². The fourth-order valence-electron chi connectivity index (χ4n) is 1.35. The minimum atomic E-state index is 0.753. The van der Waals surface area contributed by atoms with Gasteiger partial charge in [-0.3, -0.25) is 0 Å². The van der Waals surface area contributed by atoms with Crippen molar-refractivity contribution in [2.45, 2.75) is 26.7 Å². The summed E-state index contributed by atoms with van der Waals surface area (Å²) in [4.78, 5) is 0. The molecule has 0 radical (unpaired) electrons. The molecule has 1 rings (SSSR count). The Hall–Kier alpha value is -0.210. The molecule has 15 heavy (non-hydrogen) atoms. The first kappa shape index (κ1) is 12.9. The van der Waals surface area contributed by atoms with Gasteiger partial charge in [-0.05, 0) is 52.9 Å². The van der Waals surface area contributed by atoms with E-state index in [1.165, 1.54) is 12.8 Å². The Morgan fingerprint density at radius 2 is 2.13 bits per heavy atom. The highest BCUT2D eigenvalue weighted by Crippen LogP contribution is 2.25. The van der Waals surface area contributed by atoms with E-state index in [2.05, 4.69) is 35.1 Å². The normalized spacial score (nSPS) is 10.7. The van der Waals surface area contributed by atoms with E-state index >= 15 is 0 Å².